The Kier molecular flexibility index (Phi) is 3.28. The molecule has 0 amide bonds. The lowest BCUT2D eigenvalue weighted by atomic mass is 9.82. The van der Waals surface area contributed by atoms with Crippen molar-refractivity contribution >= 4 is 11.9 Å². The molecule has 6 fully saturated rings. The number of esters is 2. The first-order valence-electron chi connectivity index (χ1n) is 12.0. The molecule has 7 aliphatic rings. The van der Waals surface area contributed by atoms with E-state index in [0.717, 1.165) is 47.3 Å². The van der Waals surface area contributed by atoms with Crippen LogP contribution >= 0.6 is 0 Å². The summed E-state index contributed by atoms with van der Waals surface area (Å²) in [7, 11) is 2.84. The third-order valence-corrected chi connectivity index (χ3v) is 10.8. The minimum Gasteiger partial charge on any atom is -0.468 e. The fraction of sp³-hybridized carbons (Fsp3) is 0.840. The number of ether oxygens (including phenoxy) is 2. The Morgan fingerprint density at radius 3 is 1.34 bits per heavy atom. The fourth-order valence-corrected chi connectivity index (χ4v) is 9.95. The predicted molar refractivity (Wildman–Crippen MR) is 105 cm³/mol. The van der Waals surface area contributed by atoms with Gasteiger partial charge in [0.2, 0.25) is 0 Å². The summed E-state index contributed by atoms with van der Waals surface area (Å²) in [4.78, 5) is 25.9. The number of hydrogen-bond acceptors (Lipinski definition) is 4. The third kappa shape index (κ3) is 1.98. The van der Waals surface area contributed by atoms with E-state index in [2.05, 4.69) is 0 Å². The number of carbonyl (C=O) groups is 2. The third-order valence-electron chi connectivity index (χ3n) is 10.8. The van der Waals surface area contributed by atoms with E-state index in [1.165, 1.54) is 63.9 Å². The molecule has 0 N–H and O–H groups in total. The van der Waals surface area contributed by atoms with Gasteiger partial charge in [0.05, 0.1) is 14.2 Å². The number of carbonyl (C=O) groups excluding carboxylic acids is 2. The van der Waals surface area contributed by atoms with Crippen LogP contribution in [0.15, 0.2) is 11.1 Å². The second kappa shape index (κ2) is 5.48. The zero-order valence-electron chi connectivity index (χ0n) is 17.6. The number of methoxy groups -OCH3 is 2. The lowest BCUT2D eigenvalue weighted by Gasteiger charge is -2.24. The molecule has 0 radical (unpaired) electrons. The Bertz CT molecular complexity index is 742. The van der Waals surface area contributed by atoms with Crippen molar-refractivity contribution in [3.05, 3.63) is 11.1 Å². The topological polar surface area (TPSA) is 52.6 Å². The maximum Gasteiger partial charge on any atom is 0.323 e. The van der Waals surface area contributed by atoms with Gasteiger partial charge in [0.15, 0.2) is 5.41 Å². The largest absolute Gasteiger partial charge is 0.468 e. The van der Waals surface area contributed by atoms with Crippen molar-refractivity contribution in [3.63, 3.8) is 0 Å². The Morgan fingerprint density at radius 2 is 1.03 bits per heavy atom. The number of fused-ring (bicyclic) bond motifs is 10. The van der Waals surface area contributed by atoms with Gasteiger partial charge in [-0.1, -0.05) is 11.1 Å². The van der Waals surface area contributed by atoms with Crippen LogP contribution in [0.25, 0.3) is 0 Å². The molecule has 0 saturated heterocycles. The van der Waals surface area contributed by atoms with Crippen molar-refractivity contribution < 1.29 is 19.1 Å². The van der Waals surface area contributed by atoms with Crippen LogP contribution in [0.3, 0.4) is 0 Å². The zero-order valence-corrected chi connectivity index (χ0v) is 17.6. The minimum atomic E-state index is -1.11. The molecule has 29 heavy (non-hydrogen) atoms. The molecule has 0 aromatic rings. The maximum absolute atomic E-state index is 12.9. The fourth-order valence-electron chi connectivity index (χ4n) is 9.95. The molecule has 4 heteroatoms. The minimum absolute atomic E-state index is 0.376. The van der Waals surface area contributed by atoms with Gasteiger partial charge in [0.1, 0.15) is 0 Å². The molecule has 7 rings (SSSR count). The second-order valence-corrected chi connectivity index (χ2v) is 11.5. The van der Waals surface area contributed by atoms with E-state index in [1.807, 2.05) is 0 Å². The van der Waals surface area contributed by atoms with Crippen molar-refractivity contribution in [2.24, 2.45) is 64.6 Å². The highest BCUT2D eigenvalue weighted by molar-refractivity contribution is 6.01. The molecule has 10 atom stereocenters. The molecule has 0 aromatic carbocycles. The summed E-state index contributed by atoms with van der Waals surface area (Å²) >= 11 is 0. The molecule has 4 nitrogen and oxygen atoms in total. The monoisotopic (exact) mass is 396 g/mol. The van der Waals surface area contributed by atoms with Gasteiger partial charge in [-0.15, -0.1) is 0 Å². The van der Waals surface area contributed by atoms with Crippen molar-refractivity contribution in [3.8, 4) is 0 Å². The summed E-state index contributed by atoms with van der Waals surface area (Å²) < 4.78 is 10.4. The highest BCUT2D eigenvalue weighted by atomic mass is 16.5. The normalized spacial score (nSPS) is 51.8. The lowest BCUT2D eigenvalue weighted by Crippen LogP contribution is -2.39. The summed E-state index contributed by atoms with van der Waals surface area (Å²) in [5.41, 5.74) is 1.93. The molecule has 0 aliphatic heterocycles. The van der Waals surface area contributed by atoms with Crippen LogP contribution in [-0.4, -0.2) is 26.2 Å². The van der Waals surface area contributed by atoms with Crippen LogP contribution in [0.2, 0.25) is 0 Å². The first-order valence-corrected chi connectivity index (χ1v) is 12.0. The number of allylic oxidation sites excluding steroid dienone is 2. The maximum atomic E-state index is 12.9. The molecule has 6 unspecified atom stereocenters. The molecule has 6 saturated carbocycles. The Labute approximate surface area is 172 Å². The van der Waals surface area contributed by atoms with E-state index >= 15 is 0 Å². The molecular weight excluding hydrogens is 364 g/mol. The van der Waals surface area contributed by atoms with Crippen molar-refractivity contribution in [2.75, 3.05) is 14.2 Å². The lowest BCUT2D eigenvalue weighted by molar-refractivity contribution is -0.168. The van der Waals surface area contributed by atoms with Crippen LogP contribution < -0.4 is 0 Å². The first kappa shape index (κ1) is 17.4. The van der Waals surface area contributed by atoms with E-state index in [-0.39, 0.29) is 11.9 Å². The predicted octanol–water partition coefficient (Wildman–Crippen LogP) is 3.99. The van der Waals surface area contributed by atoms with E-state index in [0.29, 0.717) is 24.7 Å². The SMILES string of the molecule is COC(=O)C1(C(=O)OC)CC(C2[C@H]3C4CCC(C4)[C@@H]23)=C(C2[C@H]3C4CCC(C4)[C@@H]23)C1. The van der Waals surface area contributed by atoms with Crippen molar-refractivity contribution in [1.29, 1.82) is 0 Å². The Morgan fingerprint density at radius 1 is 0.690 bits per heavy atom. The van der Waals surface area contributed by atoms with Crippen LogP contribution in [0.4, 0.5) is 0 Å². The van der Waals surface area contributed by atoms with E-state index < -0.39 is 5.41 Å². The smallest absolute Gasteiger partial charge is 0.323 e. The van der Waals surface area contributed by atoms with Crippen LogP contribution in [-0.2, 0) is 19.1 Å². The van der Waals surface area contributed by atoms with Gasteiger partial charge in [-0.05, 0) is 111 Å². The number of hydrogen-bond donors (Lipinski definition) is 0. The van der Waals surface area contributed by atoms with Gasteiger partial charge in [0, 0.05) is 0 Å². The molecule has 0 aromatic heterocycles. The van der Waals surface area contributed by atoms with Gasteiger partial charge in [-0.2, -0.15) is 0 Å². The second-order valence-electron chi connectivity index (χ2n) is 11.5. The van der Waals surface area contributed by atoms with Crippen molar-refractivity contribution in [1.82, 2.24) is 0 Å². The highest BCUT2D eigenvalue weighted by Gasteiger charge is 2.72. The van der Waals surface area contributed by atoms with Gasteiger partial charge >= 0.3 is 11.9 Å². The molecule has 0 spiro atoms. The highest BCUT2D eigenvalue weighted by Crippen LogP contribution is 2.77. The van der Waals surface area contributed by atoms with E-state index in [4.69, 9.17) is 9.47 Å². The Hall–Kier alpha value is -1.32. The van der Waals surface area contributed by atoms with Crippen LogP contribution in [0.5, 0.6) is 0 Å². The zero-order chi connectivity index (χ0) is 19.7. The summed E-state index contributed by atoms with van der Waals surface area (Å²) in [6, 6.07) is 0. The van der Waals surface area contributed by atoms with Gasteiger partial charge in [-0.3, -0.25) is 9.59 Å². The molecule has 0 heterocycles. The van der Waals surface area contributed by atoms with Crippen LogP contribution in [0.1, 0.15) is 51.4 Å². The van der Waals surface area contributed by atoms with E-state index in [9.17, 15) is 9.59 Å². The van der Waals surface area contributed by atoms with Crippen LogP contribution in [0, 0.1) is 64.6 Å². The van der Waals surface area contributed by atoms with Crippen molar-refractivity contribution in [2.45, 2.75) is 51.4 Å². The molecular formula is C25H32O4. The Balaban J connectivity index is 1.27. The average molecular weight is 397 g/mol. The summed E-state index contributed by atoms with van der Waals surface area (Å²) in [5.74, 6) is 7.59. The average Bonchev–Trinajstić information content (AvgIpc) is 3.25. The molecule has 4 bridgehead atoms. The van der Waals surface area contributed by atoms with Gasteiger partial charge < -0.3 is 9.47 Å². The summed E-state index contributed by atoms with van der Waals surface area (Å²) in [5, 5.41) is 0. The van der Waals surface area contributed by atoms with Gasteiger partial charge in [0.25, 0.3) is 0 Å². The standard InChI is InChI=1S/C25H32O4/c1-28-23(26)25(24(27)29-2)9-15(21-17-11-3-4-12(7-11)18(17)21)16(10-25)22-19-13-5-6-14(8-13)20(19)22/h11-14,17-22H,3-10H2,1-2H3/t11?,12?,13?,14?,17-,18+,19-,20+,21?,22?. The summed E-state index contributed by atoms with van der Waals surface area (Å²) in [6.07, 6.45) is 9.64. The summed E-state index contributed by atoms with van der Waals surface area (Å²) in [6.45, 7) is 0. The van der Waals surface area contributed by atoms with Gasteiger partial charge in [-0.25, -0.2) is 0 Å². The first-order chi connectivity index (χ1) is 14.1. The molecule has 156 valence electrons. The number of rotatable bonds is 4. The van der Waals surface area contributed by atoms with E-state index in [1.54, 1.807) is 0 Å². The molecule has 7 aliphatic carbocycles. The quantitative estimate of drug-likeness (QED) is 0.410.